The molecule has 3 unspecified atom stereocenters. The molecule has 0 spiro atoms. The van der Waals surface area contributed by atoms with Gasteiger partial charge in [0, 0.05) is 42.6 Å². The van der Waals surface area contributed by atoms with Gasteiger partial charge < -0.3 is 8.98 Å². The standard InChI is InChI=1S/C30H27N4O.C22H28GeN.Ir/c1-15-10-17(3)27(18(4)11-15)34-25-13-19(5)31-14-24(25)33-30(34)22-9-8-16(2)26-23-12-20(6)32-21(7)28(23)35-29(22)26;1-23(2,3)21-15-24-22(17-7-5-4-6-8-17)14-20(21)13-19-12-16-9-10-18(19)11-16;/h8,10-14H,1-7H3;4-7,14-16,18-19H,9-13H2,1-3H3;/q2*-1;. The van der Waals surface area contributed by atoms with Gasteiger partial charge in [0.25, 0.3) is 0 Å². The zero-order chi connectivity index (χ0) is 41.3. The minimum Gasteiger partial charge on any atom is 0 e. The maximum atomic E-state index is 6.53. The number of imidazole rings is 1. The number of nitrogens with zero attached hydrogens (tertiary/aromatic N) is 5. The minimum atomic E-state index is -1.90. The van der Waals surface area contributed by atoms with Crippen LogP contribution in [-0.4, -0.2) is 37.8 Å². The van der Waals surface area contributed by atoms with Gasteiger partial charge in [0.1, 0.15) is 5.58 Å². The summed E-state index contributed by atoms with van der Waals surface area (Å²) in [4.78, 5) is 19.1. The summed E-state index contributed by atoms with van der Waals surface area (Å²) >= 11 is -1.90. The van der Waals surface area contributed by atoms with Crippen LogP contribution in [0, 0.1) is 78.4 Å². The number of rotatable bonds is 6. The Morgan fingerprint density at radius 1 is 0.800 bits per heavy atom. The molecule has 5 heterocycles. The average Bonchev–Trinajstić information content (AvgIpc) is 3.98. The molecule has 2 saturated carbocycles. The van der Waals surface area contributed by atoms with Crippen LogP contribution in [0.3, 0.4) is 0 Å². The molecule has 3 atom stereocenters. The number of aromatic nitrogens is 5. The molecule has 1 radical (unpaired) electrons. The minimum absolute atomic E-state index is 0. The van der Waals surface area contributed by atoms with Crippen molar-refractivity contribution in [3.63, 3.8) is 0 Å². The van der Waals surface area contributed by atoms with Crippen LogP contribution in [0.25, 0.3) is 61.3 Å². The molecule has 60 heavy (non-hydrogen) atoms. The van der Waals surface area contributed by atoms with E-state index in [1.807, 2.05) is 45.2 Å². The zero-order valence-corrected chi connectivity index (χ0v) is 41.2. The SMILES string of the molecule is Cc1cc(C)c(-n2c(-c3[c-]cc(C)c4c3oc3c(C)nc(C)cc34)nc3cnc(C)cc32)c(C)c1.[CH3][Ge]([CH3])([CH3])[c]1cnc(-c2[c-]cccc2)cc1CC1CC2CCC1C2.[Ir]. The third-order valence-electron chi connectivity index (χ3n) is 12.9. The summed E-state index contributed by atoms with van der Waals surface area (Å²) in [5.74, 6) is 11.2. The van der Waals surface area contributed by atoms with Gasteiger partial charge in [-0.05, 0) is 64.8 Å². The molecule has 0 amide bonds. The molecule has 8 heteroatoms. The van der Waals surface area contributed by atoms with Gasteiger partial charge >= 0.3 is 149 Å². The van der Waals surface area contributed by atoms with E-state index in [-0.39, 0.29) is 20.1 Å². The molecule has 2 bridgehead atoms. The second kappa shape index (κ2) is 16.5. The summed E-state index contributed by atoms with van der Waals surface area (Å²) in [5.41, 5.74) is 16.8. The Kier molecular flexibility index (Phi) is 11.6. The van der Waals surface area contributed by atoms with Gasteiger partial charge in [-0.2, -0.15) is 0 Å². The predicted molar refractivity (Wildman–Crippen MR) is 245 cm³/mol. The van der Waals surface area contributed by atoms with Crippen molar-refractivity contribution in [2.45, 2.75) is 97.8 Å². The summed E-state index contributed by atoms with van der Waals surface area (Å²) in [5, 5.41) is 2.17. The summed E-state index contributed by atoms with van der Waals surface area (Å²) in [6, 6.07) is 28.2. The number of benzene rings is 3. The maximum absolute atomic E-state index is 6.53. The first-order valence-electron chi connectivity index (χ1n) is 21.4. The van der Waals surface area contributed by atoms with E-state index in [1.54, 1.807) is 9.96 Å². The van der Waals surface area contributed by atoms with Gasteiger partial charge in [-0.15, -0.1) is 17.7 Å². The second-order valence-corrected chi connectivity index (χ2v) is 29.2. The Morgan fingerprint density at radius 3 is 2.27 bits per heavy atom. The van der Waals surface area contributed by atoms with Crippen LogP contribution in [0.2, 0.25) is 17.3 Å². The molecule has 3 aromatic carbocycles. The molecule has 0 N–H and O–H groups in total. The Labute approximate surface area is 371 Å². The van der Waals surface area contributed by atoms with Crippen molar-refractivity contribution < 1.29 is 24.5 Å². The Morgan fingerprint density at radius 2 is 1.58 bits per heavy atom. The molecular formula is C52H55GeIrN5O-2. The van der Waals surface area contributed by atoms with Crippen LogP contribution >= 0.6 is 0 Å². The molecule has 2 aliphatic carbocycles. The second-order valence-electron chi connectivity index (χ2n) is 18.6. The van der Waals surface area contributed by atoms with E-state index in [4.69, 9.17) is 14.4 Å². The van der Waals surface area contributed by atoms with Crippen molar-refractivity contribution in [1.29, 1.82) is 0 Å². The van der Waals surface area contributed by atoms with Gasteiger partial charge in [-0.1, -0.05) is 35.6 Å². The van der Waals surface area contributed by atoms with Crippen molar-refractivity contribution in [3.05, 3.63) is 130 Å². The van der Waals surface area contributed by atoms with E-state index >= 15 is 0 Å². The van der Waals surface area contributed by atoms with E-state index < -0.39 is 13.3 Å². The van der Waals surface area contributed by atoms with E-state index in [0.717, 1.165) is 102 Å². The van der Waals surface area contributed by atoms with Gasteiger partial charge in [0.15, 0.2) is 0 Å². The normalized spacial score (nSPS) is 17.3. The third-order valence-corrected chi connectivity index (χ3v) is 17.3. The molecule has 8 aromatic rings. The number of hydrogen-bond acceptors (Lipinski definition) is 5. The average molecular weight is 1030 g/mol. The smallest absolute Gasteiger partial charge is 0 e. The molecule has 2 fully saturated rings. The van der Waals surface area contributed by atoms with Gasteiger partial charge in [-0.25, -0.2) is 0 Å². The molecule has 309 valence electrons. The number of fused-ring (bicyclic) bond motifs is 6. The molecule has 5 aromatic heterocycles. The quantitative estimate of drug-likeness (QED) is 0.123. The summed E-state index contributed by atoms with van der Waals surface area (Å²) in [6.07, 6.45) is 11.3. The van der Waals surface area contributed by atoms with E-state index in [9.17, 15) is 0 Å². The Balaban J connectivity index is 0.000000175. The van der Waals surface area contributed by atoms with Gasteiger partial charge in [0.05, 0.1) is 34.3 Å². The van der Waals surface area contributed by atoms with Gasteiger partial charge in [-0.3, -0.25) is 15.0 Å². The van der Waals surface area contributed by atoms with Crippen LogP contribution < -0.4 is 4.40 Å². The van der Waals surface area contributed by atoms with Crippen molar-refractivity contribution in [2.24, 2.45) is 17.8 Å². The fourth-order valence-corrected chi connectivity index (χ4v) is 13.7. The molecule has 0 saturated heterocycles. The molecule has 2 aliphatic rings. The summed E-state index contributed by atoms with van der Waals surface area (Å²) in [7, 11) is 0. The van der Waals surface area contributed by atoms with Crippen LogP contribution in [0.15, 0.2) is 77.5 Å². The predicted octanol–water partition coefficient (Wildman–Crippen LogP) is 12.4. The maximum Gasteiger partial charge on any atom is 0 e. The summed E-state index contributed by atoms with van der Waals surface area (Å²) in [6.45, 7) is 14.6. The largest absolute Gasteiger partial charge is 0 e. The van der Waals surface area contributed by atoms with Crippen molar-refractivity contribution >= 4 is 50.6 Å². The van der Waals surface area contributed by atoms with E-state index in [0.29, 0.717) is 0 Å². The van der Waals surface area contributed by atoms with Crippen LogP contribution in [0.4, 0.5) is 0 Å². The van der Waals surface area contributed by atoms with E-state index in [2.05, 4.69) is 120 Å². The zero-order valence-electron chi connectivity index (χ0n) is 36.7. The Bertz CT molecular complexity index is 2880. The fourth-order valence-electron chi connectivity index (χ4n) is 10.4. The van der Waals surface area contributed by atoms with Gasteiger partial charge in [0.2, 0.25) is 0 Å². The number of furan rings is 1. The first kappa shape index (κ1) is 42.3. The van der Waals surface area contributed by atoms with E-state index in [1.165, 1.54) is 48.8 Å². The van der Waals surface area contributed by atoms with Crippen LogP contribution in [-0.2, 0) is 26.5 Å². The first-order chi connectivity index (χ1) is 28.2. The summed E-state index contributed by atoms with van der Waals surface area (Å²) < 4.78 is 10.4. The third kappa shape index (κ3) is 7.82. The topological polar surface area (TPSA) is 69.6 Å². The van der Waals surface area contributed by atoms with Crippen LogP contribution in [0.5, 0.6) is 0 Å². The molecule has 0 aliphatic heterocycles. The van der Waals surface area contributed by atoms with Crippen LogP contribution in [0.1, 0.15) is 70.6 Å². The molecular weight excluding hydrogens is 975 g/mol. The molecule has 6 nitrogen and oxygen atoms in total. The fraction of sp³-hybridized carbons (Fsp3) is 0.346. The van der Waals surface area contributed by atoms with Crippen molar-refractivity contribution in [2.75, 3.05) is 0 Å². The number of aryl methyl sites for hydroxylation is 7. The number of hydrogen-bond donors (Lipinski definition) is 0. The van der Waals surface area contributed by atoms with Crippen molar-refractivity contribution in [3.8, 4) is 28.3 Å². The first-order valence-corrected chi connectivity index (χ1v) is 28.7. The Hall–Kier alpha value is -4.43. The molecule has 10 rings (SSSR count). The number of pyridine rings is 3. The monoisotopic (exact) mass is 1030 g/mol. The van der Waals surface area contributed by atoms with Crippen molar-refractivity contribution in [1.82, 2.24) is 24.5 Å².